The monoisotopic (exact) mass is 390 g/mol. The Hall–Kier alpha value is -1.39. The molecule has 0 aliphatic rings. The van der Waals surface area contributed by atoms with E-state index in [1.165, 1.54) is 5.56 Å². The van der Waals surface area contributed by atoms with Crippen molar-refractivity contribution in [1.82, 2.24) is 0 Å². The SMILES string of the molecule is [2H]c1cc([2H])cc(CSCCC(CCCCC(=O)O)SCc2ccccc2)c1. The van der Waals surface area contributed by atoms with Crippen LogP contribution in [0.2, 0.25) is 0 Å². The zero-order valence-electron chi connectivity index (χ0n) is 17.0. The first-order chi connectivity index (χ1) is 13.5. The van der Waals surface area contributed by atoms with Gasteiger partial charge in [-0.25, -0.2) is 0 Å². The second kappa shape index (κ2) is 12.9. The van der Waals surface area contributed by atoms with Gasteiger partial charge in [0.1, 0.15) is 0 Å². The van der Waals surface area contributed by atoms with Crippen molar-refractivity contribution in [3.05, 3.63) is 71.7 Å². The van der Waals surface area contributed by atoms with Crippen LogP contribution in [0.15, 0.2) is 60.6 Å². The minimum absolute atomic E-state index is 0.254. The fraction of sp³-hybridized carbons (Fsp3) is 0.409. The number of carbonyl (C=O) groups is 1. The fourth-order valence-electron chi connectivity index (χ4n) is 2.62. The smallest absolute Gasteiger partial charge is 0.303 e. The third-order valence-electron chi connectivity index (χ3n) is 4.05. The van der Waals surface area contributed by atoms with Crippen LogP contribution < -0.4 is 0 Å². The van der Waals surface area contributed by atoms with Gasteiger partial charge in [0, 0.05) is 23.2 Å². The largest absolute Gasteiger partial charge is 0.481 e. The maximum Gasteiger partial charge on any atom is 0.303 e. The highest BCUT2D eigenvalue weighted by Crippen LogP contribution is 2.27. The van der Waals surface area contributed by atoms with E-state index in [4.69, 9.17) is 7.85 Å². The Labute approximate surface area is 168 Å². The van der Waals surface area contributed by atoms with E-state index in [1.807, 2.05) is 41.7 Å². The Morgan fingerprint density at radius 3 is 2.42 bits per heavy atom. The molecule has 0 aliphatic heterocycles. The lowest BCUT2D eigenvalue weighted by atomic mass is 10.1. The van der Waals surface area contributed by atoms with Crippen LogP contribution in [0, 0.1) is 0 Å². The number of hydrogen-bond acceptors (Lipinski definition) is 3. The molecular formula is C22H28O2S2. The lowest BCUT2D eigenvalue weighted by Gasteiger charge is -2.16. The van der Waals surface area contributed by atoms with Gasteiger partial charge in [-0.2, -0.15) is 23.5 Å². The highest BCUT2D eigenvalue weighted by atomic mass is 32.2. The Morgan fingerprint density at radius 2 is 1.69 bits per heavy atom. The predicted octanol–water partition coefficient (Wildman–Crippen LogP) is 6.26. The number of thioether (sulfide) groups is 2. The first-order valence-corrected chi connectivity index (χ1v) is 11.3. The van der Waals surface area contributed by atoms with Crippen molar-refractivity contribution < 1.29 is 12.6 Å². The van der Waals surface area contributed by atoms with Crippen LogP contribution in [0.25, 0.3) is 0 Å². The summed E-state index contributed by atoms with van der Waals surface area (Å²) in [5, 5.41) is 9.34. The van der Waals surface area contributed by atoms with E-state index in [9.17, 15) is 4.79 Å². The number of rotatable bonds is 13. The van der Waals surface area contributed by atoms with E-state index in [1.54, 1.807) is 6.07 Å². The summed E-state index contributed by atoms with van der Waals surface area (Å²) in [5.41, 5.74) is 2.36. The van der Waals surface area contributed by atoms with Crippen LogP contribution in [0.3, 0.4) is 0 Å². The number of hydrogen-bond donors (Lipinski definition) is 1. The molecule has 2 rings (SSSR count). The first kappa shape index (κ1) is 18.0. The molecule has 0 saturated carbocycles. The highest BCUT2D eigenvalue weighted by Gasteiger charge is 2.10. The molecule has 0 radical (unpaired) electrons. The number of carboxylic acids is 1. The number of aliphatic carboxylic acids is 1. The number of benzene rings is 2. The standard InChI is InChI=1S/C22H28O2S2/c23-22(24)14-8-7-13-21(26-18-20-11-5-2-6-12-20)15-16-25-17-19-9-3-1-4-10-19/h1-6,9-12,21H,7-8,13-18H2,(H,23,24)/i3D,4D. The number of unbranched alkanes of at least 4 members (excludes halogenated alkanes) is 1. The van der Waals surface area contributed by atoms with E-state index >= 15 is 0 Å². The van der Waals surface area contributed by atoms with Crippen LogP contribution in [0.4, 0.5) is 0 Å². The lowest BCUT2D eigenvalue weighted by molar-refractivity contribution is -0.137. The van der Waals surface area contributed by atoms with Gasteiger partial charge in [-0.1, -0.05) is 67.0 Å². The summed E-state index contributed by atoms with van der Waals surface area (Å²) < 4.78 is 15.4. The highest BCUT2D eigenvalue weighted by molar-refractivity contribution is 7.99. The number of carboxylic acid groups (broad SMARTS) is 1. The zero-order valence-corrected chi connectivity index (χ0v) is 16.7. The van der Waals surface area contributed by atoms with Crippen molar-refractivity contribution in [2.45, 2.75) is 48.9 Å². The minimum atomic E-state index is -0.713. The van der Waals surface area contributed by atoms with Gasteiger partial charge in [0.15, 0.2) is 0 Å². The van der Waals surface area contributed by atoms with Gasteiger partial charge in [-0.05, 0) is 36.1 Å². The van der Waals surface area contributed by atoms with E-state index in [-0.39, 0.29) is 6.42 Å². The van der Waals surface area contributed by atoms with E-state index in [2.05, 4.69) is 24.3 Å². The molecule has 26 heavy (non-hydrogen) atoms. The van der Waals surface area contributed by atoms with Crippen molar-refractivity contribution in [2.24, 2.45) is 0 Å². The van der Waals surface area contributed by atoms with Gasteiger partial charge >= 0.3 is 5.97 Å². The second-order valence-corrected chi connectivity index (χ2v) is 8.63. The van der Waals surface area contributed by atoms with E-state index < -0.39 is 5.97 Å². The van der Waals surface area contributed by atoms with E-state index in [0.717, 1.165) is 48.5 Å². The van der Waals surface area contributed by atoms with Crippen LogP contribution in [0.5, 0.6) is 0 Å². The van der Waals surface area contributed by atoms with Crippen LogP contribution >= 0.6 is 23.5 Å². The Morgan fingerprint density at radius 1 is 0.962 bits per heavy atom. The van der Waals surface area contributed by atoms with Gasteiger partial charge in [0.2, 0.25) is 0 Å². The van der Waals surface area contributed by atoms with Crippen LogP contribution in [-0.4, -0.2) is 22.1 Å². The summed E-state index contributed by atoms with van der Waals surface area (Å²) in [6, 6.07) is 16.5. The molecule has 0 fully saturated rings. The molecule has 2 aromatic carbocycles. The maximum absolute atomic E-state index is 10.7. The van der Waals surface area contributed by atoms with E-state index in [0.29, 0.717) is 17.3 Å². The van der Waals surface area contributed by atoms with Crippen LogP contribution in [-0.2, 0) is 16.3 Å². The van der Waals surface area contributed by atoms with Gasteiger partial charge in [-0.3, -0.25) is 4.79 Å². The Kier molecular flexibility index (Phi) is 8.92. The molecule has 0 amide bonds. The van der Waals surface area contributed by atoms with Crippen molar-refractivity contribution in [2.75, 3.05) is 5.75 Å². The molecule has 0 spiro atoms. The van der Waals surface area contributed by atoms with Crippen molar-refractivity contribution >= 4 is 29.5 Å². The van der Waals surface area contributed by atoms with Gasteiger partial charge < -0.3 is 5.11 Å². The molecule has 2 aromatic rings. The topological polar surface area (TPSA) is 37.3 Å². The summed E-state index contributed by atoms with van der Waals surface area (Å²) in [6.07, 6.45) is 4.08. The molecule has 1 unspecified atom stereocenters. The third kappa shape index (κ3) is 9.35. The molecular weight excluding hydrogens is 360 g/mol. The maximum atomic E-state index is 10.7. The van der Waals surface area contributed by atoms with Crippen molar-refractivity contribution in [3.8, 4) is 0 Å². The lowest BCUT2D eigenvalue weighted by Crippen LogP contribution is -2.06. The molecule has 0 heterocycles. The average molecular weight is 391 g/mol. The normalized spacial score (nSPS) is 13.1. The Balaban J connectivity index is 1.77. The summed E-state index contributed by atoms with van der Waals surface area (Å²) in [4.78, 5) is 10.7. The Bertz CT molecular complexity index is 705. The predicted molar refractivity (Wildman–Crippen MR) is 115 cm³/mol. The minimum Gasteiger partial charge on any atom is -0.481 e. The zero-order chi connectivity index (χ0) is 20.2. The van der Waals surface area contributed by atoms with Gasteiger partial charge in [-0.15, -0.1) is 0 Å². The van der Waals surface area contributed by atoms with Gasteiger partial charge in [0.25, 0.3) is 0 Å². The molecule has 1 N–H and O–H groups in total. The van der Waals surface area contributed by atoms with Crippen molar-refractivity contribution in [1.29, 1.82) is 0 Å². The van der Waals surface area contributed by atoms with Crippen molar-refractivity contribution in [3.63, 3.8) is 0 Å². The summed E-state index contributed by atoms with van der Waals surface area (Å²) in [6.45, 7) is 0. The molecule has 2 nitrogen and oxygen atoms in total. The molecule has 0 aliphatic carbocycles. The average Bonchev–Trinajstić information content (AvgIpc) is 2.65. The molecule has 0 saturated heterocycles. The fourth-order valence-corrected chi connectivity index (χ4v) is 5.01. The molecule has 140 valence electrons. The quantitative estimate of drug-likeness (QED) is 0.410. The molecule has 0 aromatic heterocycles. The first-order valence-electron chi connectivity index (χ1n) is 10.0. The van der Waals surface area contributed by atoms with Gasteiger partial charge in [0.05, 0.1) is 2.74 Å². The molecule has 4 heteroatoms. The summed E-state index contributed by atoms with van der Waals surface area (Å²) in [7, 11) is 0. The second-order valence-electron chi connectivity index (χ2n) is 6.24. The molecule has 0 bridgehead atoms. The third-order valence-corrected chi connectivity index (χ3v) is 6.56. The summed E-state index contributed by atoms with van der Waals surface area (Å²) in [5.74, 6) is 2.13. The van der Waals surface area contributed by atoms with Crippen LogP contribution in [0.1, 0.15) is 46.0 Å². The summed E-state index contributed by atoms with van der Waals surface area (Å²) >= 11 is 3.81. The molecule has 1 atom stereocenters.